The fourth-order valence-corrected chi connectivity index (χ4v) is 4.00. The summed E-state index contributed by atoms with van der Waals surface area (Å²) in [7, 11) is 0. The van der Waals surface area contributed by atoms with Crippen LogP contribution in [0.15, 0.2) is 18.2 Å². The zero-order valence-electron chi connectivity index (χ0n) is 14.8. The first-order valence-electron chi connectivity index (χ1n) is 8.62. The molecule has 0 amide bonds. The zero-order valence-corrected chi connectivity index (χ0v) is 14.8. The Labute approximate surface area is 131 Å². The topological polar surface area (TPSA) is 12.0 Å². The normalized spacial score (nSPS) is 24.9. The molecule has 0 saturated heterocycles. The fraction of sp³-hybridized carbons (Fsp3) is 0.700. The largest absolute Gasteiger partial charge is 0.307 e. The van der Waals surface area contributed by atoms with Crippen molar-refractivity contribution in [1.82, 2.24) is 5.32 Å². The van der Waals surface area contributed by atoms with Gasteiger partial charge in [-0.2, -0.15) is 0 Å². The molecule has 3 unspecified atom stereocenters. The molecule has 0 aliphatic heterocycles. The third-order valence-electron chi connectivity index (χ3n) is 5.24. The van der Waals surface area contributed by atoms with E-state index in [0.29, 0.717) is 17.5 Å². The molecule has 1 saturated carbocycles. The lowest BCUT2D eigenvalue weighted by atomic mass is 9.69. The van der Waals surface area contributed by atoms with E-state index in [0.717, 1.165) is 5.92 Å². The van der Waals surface area contributed by atoms with Crippen molar-refractivity contribution in [1.29, 1.82) is 0 Å². The molecule has 0 spiro atoms. The Morgan fingerprint density at radius 3 is 2.43 bits per heavy atom. The summed E-state index contributed by atoms with van der Waals surface area (Å²) in [6, 6.07) is 7.92. The first kappa shape index (κ1) is 16.5. The van der Waals surface area contributed by atoms with Gasteiger partial charge < -0.3 is 5.32 Å². The summed E-state index contributed by atoms with van der Waals surface area (Å²) >= 11 is 0. The number of rotatable bonds is 3. The highest BCUT2D eigenvalue weighted by atomic mass is 15.0. The van der Waals surface area contributed by atoms with Crippen LogP contribution in [0.3, 0.4) is 0 Å². The third-order valence-corrected chi connectivity index (χ3v) is 5.24. The number of hydrogen-bond donors (Lipinski definition) is 1. The summed E-state index contributed by atoms with van der Waals surface area (Å²) in [5.41, 5.74) is 4.64. The van der Waals surface area contributed by atoms with Crippen molar-refractivity contribution in [2.75, 3.05) is 0 Å². The molecule has 2 rings (SSSR count). The molecule has 118 valence electrons. The molecular weight excluding hydrogens is 254 g/mol. The lowest BCUT2D eigenvalue weighted by Crippen LogP contribution is -2.45. The molecule has 1 fully saturated rings. The Morgan fingerprint density at radius 1 is 1.10 bits per heavy atom. The van der Waals surface area contributed by atoms with Crippen molar-refractivity contribution in [3.63, 3.8) is 0 Å². The summed E-state index contributed by atoms with van der Waals surface area (Å²) in [6.45, 7) is 14.0. The van der Waals surface area contributed by atoms with E-state index in [4.69, 9.17) is 0 Å². The van der Waals surface area contributed by atoms with Gasteiger partial charge in [0, 0.05) is 12.1 Å². The molecule has 1 heteroatoms. The quantitative estimate of drug-likeness (QED) is 0.767. The van der Waals surface area contributed by atoms with E-state index in [9.17, 15) is 0 Å². The third kappa shape index (κ3) is 4.10. The molecule has 1 nitrogen and oxygen atoms in total. The van der Waals surface area contributed by atoms with Gasteiger partial charge in [0.1, 0.15) is 0 Å². The van der Waals surface area contributed by atoms with Crippen molar-refractivity contribution < 1.29 is 0 Å². The minimum Gasteiger partial charge on any atom is -0.307 e. The van der Waals surface area contributed by atoms with Crippen LogP contribution in [0.25, 0.3) is 0 Å². The fourth-order valence-electron chi connectivity index (χ4n) is 4.00. The van der Waals surface area contributed by atoms with Gasteiger partial charge in [-0.3, -0.25) is 0 Å². The Morgan fingerprint density at radius 2 is 1.76 bits per heavy atom. The lowest BCUT2D eigenvalue weighted by molar-refractivity contribution is 0.124. The van der Waals surface area contributed by atoms with E-state index in [-0.39, 0.29) is 0 Å². The smallest absolute Gasteiger partial charge is 0.0297 e. The number of nitrogens with one attached hydrogen (secondary N) is 1. The maximum atomic E-state index is 3.96. The second kappa shape index (κ2) is 6.52. The maximum absolute atomic E-state index is 3.96. The van der Waals surface area contributed by atoms with E-state index in [2.05, 4.69) is 65.1 Å². The van der Waals surface area contributed by atoms with Crippen LogP contribution in [0.4, 0.5) is 0 Å². The van der Waals surface area contributed by atoms with Crippen LogP contribution in [0.5, 0.6) is 0 Å². The zero-order chi connectivity index (χ0) is 15.6. The van der Waals surface area contributed by atoms with Crippen LogP contribution >= 0.6 is 0 Å². The van der Waals surface area contributed by atoms with Crippen molar-refractivity contribution in [3.8, 4) is 0 Å². The van der Waals surface area contributed by atoms with Gasteiger partial charge in [-0.25, -0.2) is 0 Å². The standard InChI is InChI=1S/C20H33N/c1-14-11-12-15(2)17(13-14)16(3)21-19-10-8-7-9-18(19)20(4,5)6/h11-13,16,18-19,21H,7-10H2,1-6H3. The second-order valence-electron chi connectivity index (χ2n) is 8.11. The van der Waals surface area contributed by atoms with Gasteiger partial charge in [-0.15, -0.1) is 0 Å². The Bertz CT molecular complexity index is 469. The molecule has 0 aromatic heterocycles. The molecule has 3 atom stereocenters. The van der Waals surface area contributed by atoms with E-state index in [1.54, 1.807) is 0 Å². The first-order valence-corrected chi connectivity index (χ1v) is 8.62. The van der Waals surface area contributed by atoms with Crippen LogP contribution in [0, 0.1) is 25.2 Å². The minimum atomic E-state index is 0.402. The van der Waals surface area contributed by atoms with E-state index in [1.807, 2.05) is 0 Å². The van der Waals surface area contributed by atoms with Crippen molar-refractivity contribution in [2.24, 2.45) is 11.3 Å². The maximum Gasteiger partial charge on any atom is 0.0297 e. The number of hydrogen-bond acceptors (Lipinski definition) is 1. The van der Waals surface area contributed by atoms with E-state index >= 15 is 0 Å². The molecule has 0 heterocycles. The predicted molar refractivity (Wildman–Crippen MR) is 92.7 cm³/mol. The molecule has 1 aromatic rings. The minimum absolute atomic E-state index is 0.402. The van der Waals surface area contributed by atoms with Gasteiger partial charge in [0.15, 0.2) is 0 Å². The highest BCUT2D eigenvalue weighted by Gasteiger charge is 2.34. The summed E-state index contributed by atoms with van der Waals surface area (Å²) in [6.07, 6.45) is 5.49. The molecule has 0 bridgehead atoms. The predicted octanol–water partition coefficient (Wildman–Crippen LogP) is 5.56. The van der Waals surface area contributed by atoms with Gasteiger partial charge in [0.25, 0.3) is 0 Å². The molecule has 1 aliphatic carbocycles. The van der Waals surface area contributed by atoms with Crippen molar-refractivity contribution >= 4 is 0 Å². The van der Waals surface area contributed by atoms with Crippen LogP contribution in [-0.2, 0) is 0 Å². The molecule has 21 heavy (non-hydrogen) atoms. The molecule has 1 aromatic carbocycles. The Kier molecular flexibility index (Phi) is 5.14. The second-order valence-corrected chi connectivity index (χ2v) is 8.11. The van der Waals surface area contributed by atoms with Crippen molar-refractivity contribution in [3.05, 3.63) is 34.9 Å². The molecule has 1 N–H and O–H groups in total. The average Bonchev–Trinajstić information content (AvgIpc) is 2.41. The highest BCUT2D eigenvalue weighted by molar-refractivity contribution is 5.32. The van der Waals surface area contributed by atoms with Crippen molar-refractivity contribution in [2.45, 2.75) is 79.3 Å². The van der Waals surface area contributed by atoms with Gasteiger partial charge >= 0.3 is 0 Å². The van der Waals surface area contributed by atoms with E-state index in [1.165, 1.54) is 42.4 Å². The van der Waals surface area contributed by atoms with Crippen LogP contribution in [-0.4, -0.2) is 6.04 Å². The Balaban J connectivity index is 2.13. The summed E-state index contributed by atoms with van der Waals surface area (Å²) in [5, 5.41) is 3.96. The average molecular weight is 287 g/mol. The lowest BCUT2D eigenvalue weighted by Gasteiger charge is -2.42. The number of aryl methyl sites for hydroxylation is 2. The molecular formula is C20H33N. The monoisotopic (exact) mass is 287 g/mol. The van der Waals surface area contributed by atoms with Gasteiger partial charge in [-0.1, -0.05) is 57.4 Å². The van der Waals surface area contributed by atoms with E-state index < -0.39 is 0 Å². The van der Waals surface area contributed by atoms with Gasteiger partial charge in [-0.05, 0) is 56.1 Å². The van der Waals surface area contributed by atoms with Crippen LogP contribution < -0.4 is 5.32 Å². The van der Waals surface area contributed by atoms with Crippen LogP contribution in [0.1, 0.15) is 76.1 Å². The van der Waals surface area contributed by atoms with Gasteiger partial charge in [0.05, 0.1) is 0 Å². The summed E-state index contributed by atoms with van der Waals surface area (Å²) in [5.74, 6) is 0.791. The SMILES string of the molecule is Cc1ccc(C)c(C(C)NC2CCCCC2C(C)(C)C)c1. The number of benzene rings is 1. The summed E-state index contributed by atoms with van der Waals surface area (Å²) < 4.78 is 0. The first-order chi connectivity index (χ1) is 9.79. The molecule has 0 radical (unpaired) electrons. The summed E-state index contributed by atoms with van der Waals surface area (Å²) in [4.78, 5) is 0. The Hall–Kier alpha value is -0.820. The molecule has 1 aliphatic rings. The van der Waals surface area contributed by atoms with Gasteiger partial charge in [0.2, 0.25) is 0 Å². The highest BCUT2D eigenvalue weighted by Crippen LogP contribution is 2.39. The van der Waals surface area contributed by atoms with Crippen LogP contribution in [0.2, 0.25) is 0 Å².